The van der Waals surface area contributed by atoms with E-state index in [4.69, 9.17) is 0 Å². The van der Waals surface area contributed by atoms with Gasteiger partial charge < -0.3 is 4.74 Å². The van der Waals surface area contributed by atoms with Crippen LogP contribution in [0.1, 0.15) is 6.92 Å². The van der Waals surface area contributed by atoms with Crippen LogP contribution in [-0.2, 0) is 9.53 Å². The van der Waals surface area contributed by atoms with Gasteiger partial charge in [0.05, 0.1) is 6.61 Å². The predicted molar refractivity (Wildman–Crippen MR) is 25.9 cm³/mol. The average Bonchev–Trinajstić information content (AvgIpc) is 1.68. The zero-order chi connectivity index (χ0) is 6.41. The number of carbonyl (C=O) groups excluding carboxylic acids is 2. The number of imide groups is 1. The smallest absolute Gasteiger partial charge is 0.414 e. The van der Waals surface area contributed by atoms with Gasteiger partial charge in [0.1, 0.15) is 0 Å². The fourth-order valence-corrected chi connectivity index (χ4v) is 0.209. The first-order valence-electron chi connectivity index (χ1n) is 2.11. The lowest BCUT2D eigenvalue weighted by molar-refractivity contribution is 0.157. The molecule has 0 aromatic heterocycles. The Kier molecular flexibility index (Phi) is 3.56. The second kappa shape index (κ2) is 4.11. The quantitative estimate of drug-likeness (QED) is 0.508. The lowest BCUT2D eigenvalue weighted by atomic mass is 10.9. The first-order chi connectivity index (χ1) is 3.81. The number of hydrogen-bond donors (Lipinski definition) is 1. The Hall–Kier alpha value is -1.06. The van der Waals surface area contributed by atoms with Crippen LogP contribution in [0.3, 0.4) is 0 Å². The summed E-state index contributed by atoms with van der Waals surface area (Å²) in [5.74, 6) is 0. The standard InChI is InChI=1S/C4H6NO3/c1-2-8-4(7)5-3-6/h2H2,1H3,(H,5,6,7). The van der Waals surface area contributed by atoms with E-state index < -0.39 is 6.09 Å². The summed E-state index contributed by atoms with van der Waals surface area (Å²) in [5.41, 5.74) is 0. The van der Waals surface area contributed by atoms with E-state index >= 15 is 0 Å². The van der Waals surface area contributed by atoms with Gasteiger partial charge in [0.2, 0.25) is 0 Å². The Balaban J connectivity index is 3.18. The SMILES string of the molecule is CCOC(=O)N[C]=O. The molecule has 0 aliphatic carbocycles. The lowest BCUT2D eigenvalue weighted by Crippen LogP contribution is -2.21. The number of amides is 2. The van der Waals surface area contributed by atoms with Crippen molar-refractivity contribution in [3.8, 4) is 0 Å². The molecule has 0 bridgehead atoms. The van der Waals surface area contributed by atoms with E-state index in [9.17, 15) is 9.59 Å². The Morgan fingerprint density at radius 1 is 1.88 bits per heavy atom. The van der Waals surface area contributed by atoms with Crippen LogP contribution in [0.25, 0.3) is 0 Å². The van der Waals surface area contributed by atoms with E-state index in [2.05, 4.69) is 4.74 Å². The molecule has 0 spiro atoms. The van der Waals surface area contributed by atoms with Crippen LogP contribution in [0.4, 0.5) is 4.79 Å². The Bertz CT molecular complexity index is 91.3. The number of hydrogen-bond acceptors (Lipinski definition) is 3. The maximum absolute atomic E-state index is 10.0. The zero-order valence-corrected chi connectivity index (χ0v) is 4.43. The van der Waals surface area contributed by atoms with Crippen molar-refractivity contribution >= 4 is 12.5 Å². The largest absolute Gasteiger partial charge is 0.450 e. The summed E-state index contributed by atoms with van der Waals surface area (Å²) in [6.07, 6.45) is 0.416. The van der Waals surface area contributed by atoms with Crippen molar-refractivity contribution < 1.29 is 14.3 Å². The fourth-order valence-electron chi connectivity index (χ4n) is 0.209. The fraction of sp³-hybridized carbons (Fsp3) is 0.500. The molecule has 0 unspecified atom stereocenters. The van der Waals surface area contributed by atoms with E-state index in [1.807, 2.05) is 0 Å². The molecule has 8 heavy (non-hydrogen) atoms. The Morgan fingerprint density at radius 2 is 2.50 bits per heavy atom. The third kappa shape index (κ3) is 3.14. The minimum Gasteiger partial charge on any atom is -0.450 e. The Labute approximate surface area is 46.8 Å². The van der Waals surface area contributed by atoms with Crippen LogP contribution in [0.15, 0.2) is 0 Å². The molecule has 2 amide bonds. The highest BCUT2D eigenvalue weighted by atomic mass is 16.5. The van der Waals surface area contributed by atoms with Crippen LogP contribution in [0, 0.1) is 0 Å². The molecule has 0 aliphatic rings. The van der Waals surface area contributed by atoms with Gasteiger partial charge in [0.25, 0.3) is 0 Å². The normalized spacial score (nSPS) is 7.62. The molecule has 45 valence electrons. The van der Waals surface area contributed by atoms with Crippen LogP contribution in [-0.4, -0.2) is 19.1 Å². The van der Waals surface area contributed by atoms with Gasteiger partial charge in [-0.25, -0.2) is 4.79 Å². The van der Waals surface area contributed by atoms with Crippen LogP contribution in [0.2, 0.25) is 0 Å². The minimum atomic E-state index is -0.762. The topological polar surface area (TPSA) is 55.4 Å². The molecule has 0 aliphatic heterocycles. The zero-order valence-electron chi connectivity index (χ0n) is 4.43. The van der Waals surface area contributed by atoms with E-state index in [-0.39, 0.29) is 6.61 Å². The molecule has 0 fully saturated rings. The predicted octanol–water partition coefficient (Wildman–Crippen LogP) is -0.200. The highest BCUT2D eigenvalue weighted by molar-refractivity contribution is 5.79. The molecule has 4 heteroatoms. The molecule has 0 heterocycles. The summed E-state index contributed by atoms with van der Waals surface area (Å²) in [5, 5.41) is 1.68. The van der Waals surface area contributed by atoms with Crippen LogP contribution in [0.5, 0.6) is 0 Å². The molecule has 0 aromatic carbocycles. The number of rotatable bonds is 2. The van der Waals surface area contributed by atoms with Crippen molar-refractivity contribution in [2.75, 3.05) is 6.61 Å². The molecular formula is C4H6NO3. The molecule has 0 aromatic rings. The van der Waals surface area contributed by atoms with Crippen LogP contribution >= 0.6 is 0 Å². The van der Waals surface area contributed by atoms with Gasteiger partial charge in [0.15, 0.2) is 0 Å². The van der Waals surface area contributed by atoms with Gasteiger partial charge in [-0.05, 0) is 6.92 Å². The summed E-state index contributed by atoms with van der Waals surface area (Å²) in [6.45, 7) is 1.90. The summed E-state index contributed by atoms with van der Waals surface area (Å²) in [7, 11) is 0. The van der Waals surface area contributed by atoms with Gasteiger partial charge >= 0.3 is 12.5 Å². The second-order valence-corrected chi connectivity index (χ2v) is 0.948. The monoisotopic (exact) mass is 116 g/mol. The molecule has 0 saturated heterocycles. The van der Waals surface area contributed by atoms with Gasteiger partial charge in [0, 0.05) is 0 Å². The molecule has 4 nitrogen and oxygen atoms in total. The summed E-state index contributed by atoms with van der Waals surface area (Å²) < 4.78 is 4.27. The van der Waals surface area contributed by atoms with Gasteiger partial charge in [-0.1, -0.05) is 0 Å². The van der Waals surface area contributed by atoms with Gasteiger partial charge in [-0.15, -0.1) is 0 Å². The van der Waals surface area contributed by atoms with E-state index in [0.717, 1.165) is 0 Å². The number of alkyl carbamates (subject to hydrolysis) is 1. The van der Waals surface area contributed by atoms with Crippen molar-refractivity contribution in [3.63, 3.8) is 0 Å². The highest BCUT2D eigenvalue weighted by Crippen LogP contribution is 1.71. The van der Waals surface area contributed by atoms with E-state index in [0.29, 0.717) is 0 Å². The van der Waals surface area contributed by atoms with Gasteiger partial charge in [-0.2, -0.15) is 0 Å². The maximum atomic E-state index is 10.0. The van der Waals surface area contributed by atoms with E-state index in [1.165, 1.54) is 6.41 Å². The number of ether oxygens (including phenoxy) is 1. The third-order valence-electron chi connectivity index (χ3n) is 0.429. The molecule has 1 radical (unpaired) electrons. The number of nitrogens with one attached hydrogen (secondary N) is 1. The van der Waals surface area contributed by atoms with Crippen molar-refractivity contribution in [1.29, 1.82) is 0 Å². The molecule has 1 N–H and O–H groups in total. The first kappa shape index (κ1) is 6.94. The van der Waals surface area contributed by atoms with E-state index in [1.54, 1.807) is 12.2 Å². The van der Waals surface area contributed by atoms with Crippen molar-refractivity contribution in [1.82, 2.24) is 5.32 Å². The minimum absolute atomic E-state index is 0.257. The molecule has 0 saturated carbocycles. The molecule has 0 rings (SSSR count). The summed E-state index contributed by atoms with van der Waals surface area (Å²) in [4.78, 5) is 19.4. The molecule has 0 atom stereocenters. The second-order valence-electron chi connectivity index (χ2n) is 0.948. The maximum Gasteiger partial charge on any atom is 0.414 e. The summed E-state index contributed by atoms with van der Waals surface area (Å²) >= 11 is 0. The average molecular weight is 116 g/mol. The van der Waals surface area contributed by atoms with Crippen molar-refractivity contribution in [2.24, 2.45) is 0 Å². The summed E-state index contributed by atoms with van der Waals surface area (Å²) in [6, 6.07) is 0. The Morgan fingerprint density at radius 3 is 2.88 bits per heavy atom. The van der Waals surface area contributed by atoms with Gasteiger partial charge in [-0.3, -0.25) is 10.1 Å². The first-order valence-corrected chi connectivity index (χ1v) is 2.11. The van der Waals surface area contributed by atoms with Crippen LogP contribution < -0.4 is 5.32 Å². The van der Waals surface area contributed by atoms with Crippen molar-refractivity contribution in [2.45, 2.75) is 6.92 Å². The number of carbonyl (C=O) groups is 1. The van der Waals surface area contributed by atoms with Crippen molar-refractivity contribution in [3.05, 3.63) is 0 Å². The lowest BCUT2D eigenvalue weighted by Gasteiger charge is -1.94. The third-order valence-corrected chi connectivity index (χ3v) is 0.429. The highest BCUT2D eigenvalue weighted by Gasteiger charge is 1.94. The molecular weight excluding hydrogens is 110 g/mol.